The molecule has 2 saturated carbocycles. The van der Waals surface area contributed by atoms with Crippen molar-refractivity contribution in [3.05, 3.63) is 0 Å². The Balaban J connectivity index is 2.07. The summed E-state index contributed by atoms with van der Waals surface area (Å²) in [4.78, 5) is 21.5. The third kappa shape index (κ3) is 1.38. The van der Waals surface area contributed by atoms with Crippen LogP contribution in [0, 0.1) is 23.7 Å². The summed E-state index contributed by atoms with van der Waals surface area (Å²) < 4.78 is 0. The van der Waals surface area contributed by atoms with Gasteiger partial charge in [0.25, 0.3) is 0 Å². The molecule has 4 atom stereocenters. The molecular formula is C10H14O4. The van der Waals surface area contributed by atoms with E-state index in [1.54, 1.807) is 0 Å². The molecule has 2 aliphatic rings. The molecule has 2 aliphatic carbocycles. The van der Waals surface area contributed by atoms with Crippen LogP contribution in [-0.4, -0.2) is 22.2 Å². The summed E-state index contributed by atoms with van der Waals surface area (Å²) in [6, 6.07) is 0. The number of fused-ring (bicyclic) bond motifs is 2. The van der Waals surface area contributed by atoms with Crippen LogP contribution in [0.3, 0.4) is 0 Å². The molecule has 0 spiro atoms. The topological polar surface area (TPSA) is 74.6 Å². The third-order valence-corrected chi connectivity index (χ3v) is 3.77. The van der Waals surface area contributed by atoms with Crippen LogP contribution in [0.15, 0.2) is 0 Å². The van der Waals surface area contributed by atoms with Gasteiger partial charge in [0.05, 0.1) is 5.92 Å². The van der Waals surface area contributed by atoms with Crippen LogP contribution in [0.1, 0.15) is 25.7 Å². The zero-order chi connectivity index (χ0) is 10.3. The van der Waals surface area contributed by atoms with Gasteiger partial charge in [0.2, 0.25) is 0 Å². The Morgan fingerprint density at radius 1 is 1.21 bits per heavy atom. The van der Waals surface area contributed by atoms with Gasteiger partial charge >= 0.3 is 11.9 Å². The van der Waals surface area contributed by atoms with Gasteiger partial charge in [-0.1, -0.05) is 0 Å². The van der Waals surface area contributed by atoms with Crippen molar-refractivity contribution in [2.45, 2.75) is 25.7 Å². The molecule has 0 radical (unpaired) electrons. The van der Waals surface area contributed by atoms with E-state index in [9.17, 15) is 9.59 Å². The lowest BCUT2D eigenvalue weighted by Gasteiger charge is -2.19. The van der Waals surface area contributed by atoms with Gasteiger partial charge < -0.3 is 10.2 Å². The molecule has 0 heterocycles. The Bertz CT molecular complexity index is 273. The first kappa shape index (κ1) is 9.49. The van der Waals surface area contributed by atoms with Crippen molar-refractivity contribution >= 4 is 11.9 Å². The molecule has 4 nitrogen and oxygen atoms in total. The van der Waals surface area contributed by atoms with Gasteiger partial charge in [-0.25, -0.2) is 0 Å². The fraction of sp³-hybridized carbons (Fsp3) is 0.800. The molecule has 14 heavy (non-hydrogen) atoms. The number of carbonyl (C=O) groups is 2. The number of carboxylic acids is 2. The van der Waals surface area contributed by atoms with Crippen molar-refractivity contribution < 1.29 is 19.8 Å². The SMILES string of the molecule is O=C(O)CC1CC2CCC1C2C(=O)O. The van der Waals surface area contributed by atoms with Crippen molar-refractivity contribution in [3.63, 3.8) is 0 Å². The second-order valence-electron chi connectivity index (χ2n) is 4.46. The summed E-state index contributed by atoms with van der Waals surface area (Å²) in [7, 11) is 0. The van der Waals surface area contributed by atoms with E-state index >= 15 is 0 Å². The van der Waals surface area contributed by atoms with E-state index in [0.29, 0.717) is 0 Å². The molecule has 0 aromatic carbocycles. The van der Waals surface area contributed by atoms with Crippen molar-refractivity contribution in [2.75, 3.05) is 0 Å². The van der Waals surface area contributed by atoms with Crippen LogP contribution in [-0.2, 0) is 9.59 Å². The summed E-state index contributed by atoms with van der Waals surface area (Å²) >= 11 is 0. The molecule has 2 bridgehead atoms. The monoisotopic (exact) mass is 198 g/mol. The van der Waals surface area contributed by atoms with Crippen LogP contribution >= 0.6 is 0 Å². The highest BCUT2D eigenvalue weighted by molar-refractivity contribution is 5.72. The fourth-order valence-electron chi connectivity index (χ4n) is 3.32. The second kappa shape index (κ2) is 3.26. The van der Waals surface area contributed by atoms with E-state index in [-0.39, 0.29) is 30.1 Å². The zero-order valence-electron chi connectivity index (χ0n) is 7.85. The largest absolute Gasteiger partial charge is 0.481 e. The molecule has 2 N–H and O–H groups in total. The Morgan fingerprint density at radius 2 is 1.93 bits per heavy atom. The van der Waals surface area contributed by atoms with E-state index in [1.165, 1.54) is 0 Å². The normalized spacial score (nSPS) is 40.0. The van der Waals surface area contributed by atoms with Crippen LogP contribution in [0.2, 0.25) is 0 Å². The van der Waals surface area contributed by atoms with E-state index in [4.69, 9.17) is 10.2 Å². The maximum Gasteiger partial charge on any atom is 0.307 e. The smallest absolute Gasteiger partial charge is 0.307 e. The summed E-state index contributed by atoms with van der Waals surface area (Å²) in [6.07, 6.45) is 2.82. The van der Waals surface area contributed by atoms with Gasteiger partial charge in [-0.3, -0.25) is 9.59 Å². The molecule has 4 heteroatoms. The molecule has 0 aromatic rings. The lowest BCUT2D eigenvalue weighted by atomic mass is 9.86. The highest BCUT2D eigenvalue weighted by atomic mass is 16.4. The highest BCUT2D eigenvalue weighted by Gasteiger charge is 2.51. The predicted molar refractivity (Wildman–Crippen MR) is 47.7 cm³/mol. The minimum Gasteiger partial charge on any atom is -0.481 e. The van der Waals surface area contributed by atoms with Crippen LogP contribution in [0.5, 0.6) is 0 Å². The molecule has 0 saturated heterocycles. The Morgan fingerprint density at radius 3 is 2.43 bits per heavy atom. The Kier molecular flexibility index (Phi) is 2.21. The van der Waals surface area contributed by atoms with Crippen molar-refractivity contribution in [1.29, 1.82) is 0 Å². The van der Waals surface area contributed by atoms with E-state index in [1.807, 2.05) is 0 Å². The maximum atomic E-state index is 10.9. The molecular weight excluding hydrogens is 184 g/mol. The van der Waals surface area contributed by atoms with Crippen LogP contribution in [0.25, 0.3) is 0 Å². The van der Waals surface area contributed by atoms with Gasteiger partial charge in [-0.2, -0.15) is 0 Å². The van der Waals surface area contributed by atoms with Crippen molar-refractivity contribution in [1.82, 2.24) is 0 Å². The second-order valence-corrected chi connectivity index (χ2v) is 4.46. The molecule has 0 amide bonds. The Hall–Kier alpha value is -1.06. The van der Waals surface area contributed by atoms with E-state index < -0.39 is 11.9 Å². The van der Waals surface area contributed by atoms with Gasteiger partial charge in [-0.05, 0) is 37.0 Å². The first-order valence-electron chi connectivity index (χ1n) is 5.04. The van der Waals surface area contributed by atoms with E-state index in [2.05, 4.69) is 0 Å². The van der Waals surface area contributed by atoms with Crippen LogP contribution in [0.4, 0.5) is 0 Å². The average Bonchev–Trinajstić information content (AvgIpc) is 2.58. The predicted octanol–water partition coefficient (Wildman–Crippen LogP) is 1.21. The van der Waals surface area contributed by atoms with Crippen LogP contribution < -0.4 is 0 Å². The van der Waals surface area contributed by atoms with Gasteiger partial charge in [0.1, 0.15) is 0 Å². The Labute approximate surface area is 81.9 Å². The van der Waals surface area contributed by atoms with Gasteiger partial charge in [0, 0.05) is 6.42 Å². The first-order valence-corrected chi connectivity index (χ1v) is 5.04. The van der Waals surface area contributed by atoms with Gasteiger partial charge in [-0.15, -0.1) is 0 Å². The number of rotatable bonds is 3. The minimum absolute atomic E-state index is 0.104. The molecule has 0 aromatic heterocycles. The first-order chi connectivity index (χ1) is 6.59. The molecule has 78 valence electrons. The highest BCUT2D eigenvalue weighted by Crippen LogP contribution is 2.53. The number of carboxylic acid groups (broad SMARTS) is 2. The van der Waals surface area contributed by atoms with Crippen molar-refractivity contribution in [2.24, 2.45) is 23.7 Å². The van der Waals surface area contributed by atoms with Gasteiger partial charge in [0.15, 0.2) is 0 Å². The molecule has 4 unspecified atom stereocenters. The summed E-state index contributed by atoms with van der Waals surface area (Å²) in [6.45, 7) is 0. The number of hydrogen-bond acceptors (Lipinski definition) is 2. The lowest BCUT2D eigenvalue weighted by Crippen LogP contribution is -2.21. The minimum atomic E-state index is -0.799. The number of hydrogen-bond donors (Lipinski definition) is 2. The summed E-state index contributed by atoms with van der Waals surface area (Å²) in [5, 5.41) is 17.7. The molecule has 2 rings (SSSR count). The third-order valence-electron chi connectivity index (χ3n) is 3.77. The van der Waals surface area contributed by atoms with E-state index in [0.717, 1.165) is 19.3 Å². The maximum absolute atomic E-state index is 10.9. The molecule has 2 fully saturated rings. The summed E-state index contributed by atoms with van der Waals surface area (Å²) in [5.41, 5.74) is 0. The van der Waals surface area contributed by atoms with Crippen molar-refractivity contribution in [3.8, 4) is 0 Å². The number of aliphatic carboxylic acids is 2. The standard InChI is InChI=1S/C10H14O4/c11-8(12)4-6-3-5-1-2-7(6)9(5)10(13)14/h5-7,9H,1-4H2,(H,11,12)(H,13,14). The quantitative estimate of drug-likeness (QED) is 0.714. The summed E-state index contributed by atoms with van der Waals surface area (Å²) in [5.74, 6) is -1.33. The zero-order valence-corrected chi connectivity index (χ0v) is 7.85. The fourth-order valence-corrected chi connectivity index (χ4v) is 3.32. The lowest BCUT2D eigenvalue weighted by molar-refractivity contribution is -0.144. The molecule has 0 aliphatic heterocycles. The average molecular weight is 198 g/mol.